The van der Waals surface area contributed by atoms with Crippen LogP contribution in [0, 0.1) is 0 Å². The number of hydrogen-bond acceptors (Lipinski definition) is 4. The Hall–Kier alpha value is -1.63. The molecule has 1 aromatic carbocycles. The van der Waals surface area contributed by atoms with Crippen LogP contribution in [0.5, 0.6) is 0 Å². The van der Waals surface area contributed by atoms with Crippen molar-refractivity contribution in [3.8, 4) is 0 Å². The van der Waals surface area contributed by atoms with Crippen molar-refractivity contribution in [1.29, 1.82) is 0 Å². The van der Waals surface area contributed by atoms with Gasteiger partial charge in [-0.15, -0.1) is 0 Å². The van der Waals surface area contributed by atoms with Crippen LogP contribution >= 0.6 is 11.6 Å². The topological polar surface area (TPSA) is 87.7 Å². The van der Waals surface area contributed by atoms with E-state index in [9.17, 15) is 9.59 Å². The van der Waals surface area contributed by atoms with Crippen LogP contribution in [0.3, 0.4) is 0 Å². The first kappa shape index (κ1) is 14.8. The molecule has 0 saturated carbocycles. The minimum atomic E-state index is -1.10. The molecule has 6 nitrogen and oxygen atoms in total. The van der Waals surface area contributed by atoms with Gasteiger partial charge in [0.25, 0.3) is 0 Å². The molecule has 20 heavy (non-hydrogen) atoms. The largest absolute Gasteiger partial charge is 0.478 e. The minimum Gasteiger partial charge on any atom is -0.478 e. The molecule has 0 aromatic heterocycles. The Kier molecular flexibility index (Phi) is 4.94. The van der Waals surface area contributed by atoms with Gasteiger partial charge in [0.15, 0.2) is 0 Å². The van der Waals surface area contributed by atoms with E-state index in [4.69, 9.17) is 21.4 Å². The lowest BCUT2D eigenvalue weighted by Crippen LogP contribution is -2.43. The van der Waals surface area contributed by atoms with Crippen molar-refractivity contribution in [2.75, 3.05) is 25.1 Å². The maximum absolute atomic E-state index is 11.8. The molecule has 1 saturated heterocycles. The Morgan fingerprint density at radius 3 is 2.90 bits per heavy atom. The molecule has 1 heterocycles. The number of halogens is 1. The number of carbonyl (C=O) groups excluding carboxylic acids is 1. The number of morpholine rings is 1. The van der Waals surface area contributed by atoms with Crippen molar-refractivity contribution in [3.63, 3.8) is 0 Å². The summed E-state index contributed by atoms with van der Waals surface area (Å²) in [6.07, 6.45) is 0.290. The molecule has 1 aliphatic heterocycles. The van der Waals surface area contributed by atoms with Crippen LogP contribution in [-0.2, 0) is 9.53 Å². The molecule has 0 radical (unpaired) electrons. The standard InChI is InChI=1S/C13H15ClN2O4/c14-11-5-8(1-2-10(11)13(18)19)16-12(17)6-9-7-20-4-3-15-9/h1-2,5,9,15H,3-4,6-7H2,(H,16,17)(H,18,19). The molecule has 108 valence electrons. The van der Waals surface area contributed by atoms with Crippen molar-refractivity contribution < 1.29 is 19.4 Å². The molecule has 0 aliphatic carbocycles. The number of aromatic carboxylic acids is 1. The van der Waals surface area contributed by atoms with Crippen molar-refractivity contribution in [2.45, 2.75) is 12.5 Å². The molecule has 1 amide bonds. The highest BCUT2D eigenvalue weighted by Crippen LogP contribution is 2.21. The van der Waals surface area contributed by atoms with Crippen LogP contribution in [0.4, 0.5) is 5.69 Å². The van der Waals surface area contributed by atoms with E-state index in [1.165, 1.54) is 18.2 Å². The molecule has 0 bridgehead atoms. The number of ether oxygens (including phenoxy) is 1. The monoisotopic (exact) mass is 298 g/mol. The van der Waals surface area contributed by atoms with Gasteiger partial charge in [-0.1, -0.05) is 11.6 Å². The Balaban J connectivity index is 1.93. The van der Waals surface area contributed by atoms with E-state index in [1.807, 2.05) is 0 Å². The number of hydrogen-bond donors (Lipinski definition) is 3. The molecule has 1 aliphatic rings. The third-order valence-corrected chi connectivity index (χ3v) is 3.23. The van der Waals surface area contributed by atoms with Crippen molar-refractivity contribution in [2.24, 2.45) is 0 Å². The summed E-state index contributed by atoms with van der Waals surface area (Å²) in [6.45, 7) is 1.90. The summed E-state index contributed by atoms with van der Waals surface area (Å²) in [5.74, 6) is -1.27. The predicted molar refractivity (Wildman–Crippen MR) is 74.3 cm³/mol. The fourth-order valence-electron chi connectivity index (χ4n) is 1.95. The first-order valence-corrected chi connectivity index (χ1v) is 6.58. The molecule has 7 heteroatoms. The van der Waals surface area contributed by atoms with Crippen LogP contribution in [0.25, 0.3) is 0 Å². The van der Waals surface area contributed by atoms with Crippen LogP contribution < -0.4 is 10.6 Å². The highest BCUT2D eigenvalue weighted by atomic mass is 35.5. The van der Waals surface area contributed by atoms with Crippen LogP contribution in [0.1, 0.15) is 16.8 Å². The summed E-state index contributed by atoms with van der Waals surface area (Å²) in [7, 11) is 0. The molecular formula is C13H15ClN2O4. The van der Waals surface area contributed by atoms with Gasteiger partial charge in [-0.05, 0) is 18.2 Å². The number of carbonyl (C=O) groups is 2. The summed E-state index contributed by atoms with van der Waals surface area (Å²) in [5, 5.41) is 14.8. The third-order valence-electron chi connectivity index (χ3n) is 2.91. The molecule has 1 atom stereocenters. The number of benzene rings is 1. The van der Waals surface area contributed by atoms with Gasteiger partial charge in [0, 0.05) is 24.7 Å². The lowest BCUT2D eigenvalue weighted by atomic mass is 10.1. The number of amides is 1. The Morgan fingerprint density at radius 2 is 2.30 bits per heavy atom. The minimum absolute atomic E-state index is 0.00230. The average Bonchev–Trinajstić information content (AvgIpc) is 2.39. The van der Waals surface area contributed by atoms with E-state index in [0.717, 1.165) is 6.54 Å². The zero-order chi connectivity index (χ0) is 14.5. The fourth-order valence-corrected chi connectivity index (χ4v) is 2.21. The van der Waals surface area contributed by atoms with Crippen molar-refractivity contribution in [3.05, 3.63) is 28.8 Å². The molecule has 1 unspecified atom stereocenters. The highest BCUT2D eigenvalue weighted by Gasteiger charge is 2.17. The number of nitrogens with one attached hydrogen (secondary N) is 2. The van der Waals surface area contributed by atoms with Gasteiger partial charge in [-0.25, -0.2) is 4.79 Å². The summed E-state index contributed by atoms with van der Waals surface area (Å²) < 4.78 is 5.27. The average molecular weight is 299 g/mol. The van der Waals surface area contributed by atoms with E-state index in [1.54, 1.807) is 0 Å². The van der Waals surface area contributed by atoms with Gasteiger partial charge in [0.05, 0.1) is 23.8 Å². The van der Waals surface area contributed by atoms with Gasteiger partial charge < -0.3 is 20.5 Å². The van der Waals surface area contributed by atoms with Gasteiger partial charge in [0.2, 0.25) is 5.91 Å². The second-order valence-corrected chi connectivity index (χ2v) is 4.89. The molecule has 3 N–H and O–H groups in total. The summed E-state index contributed by atoms with van der Waals surface area (Å²) in [5.41, 5.74) is 0.480. The zero-order valence-corrected chi connectivity index (χ0v) is 11.4. The predicted octanol–water partition coefficient (Wildman–Crippen LogP) is 1.36. The second kappa shape index (κ2) is 6.69. The van der Waals surface area contributed by atoms with Crippen LogP contribution in [0.2, 0.25) is 5.02 Å². The molecule has 1 aromatic rings. The Morgan fingerprint density at radius 1 is 1.50 bits per heavy atom. The lowest BCUT2D eigenvalue weighted by Gasteiger charge is -2.23. The number of anilines is 1. The van der Waals surface area contributed by atoms with Crippen molar-refractivity contribution in [1.82, 2.24) is 5.32 Å². The first-order valence-electron chi connectivity index (χ1n) is 6.20. The van der Waals surface area contributed by atoms with Gasteiger partial charge >= 0.3 is 5.97 Å². The number of carboxylic acids is 1. The smallest absolute Gasteiger partial charge is 0.337 e. The number of rotatable bonds is 4. The van der Waals surface area contributed by atoms with Crippen molar-refractivity contribution >= 4 is 29.2 Å². The highest BCUT2D eigenvalue weighted by molar-refractivity contribution is 6.33. The van der Waals surface area contributed by atoms with E-state index < -0.39 is 5.97 Å². The zero-order valence-electron chi connectivity index (χ0n) is 10.7. The number of carboxylic acid groups (broad SMARTS) is 1. The first-order chi connectivity index (χ1) is 9.56. The normalized spacial score (nSPS) is 18.6. The summed E-state index contributed by atoms with van der Waals surface area (Å²) >= 11 is 5.84. The lowest BCUT2D eigenvalue weighted by molar-refractivity contribution is -0.117. The van der Waals surface area contributed by atoms with Crippen LogP contribution in [-0.4, -0.2) is 42.8 Å². The van der Waals surface area contributed by atoms with Gasteiger partial charge in [-0.2, -0.15) is 0 Å². The molecular weight excluding hydrogens is 284 g/mol. The molecule has 0 spiro atoms. The van der Waals surface area contributed by atoms with E-state index in [0.29, 0.717) is 18.9 Å². The molecule has 2 rings (SSSR count). The van der Waals surface area contributed by atoms with Crippen LogP contribution in [0.15, 0.2) is 18.2 Å². The maximum Gasteiger partial charge on any atom is 0.337 e. The van der Waals surface area contributed by atoms with E-state index >= 15 is 0 Å². The Labute approximate surface area is 121 Å². The van der Waals surface area contributed by atoms with Gasteiger partial charge in [-0.3, -0.25) is 4.79 Å². The Bertz CT molecular complexity index is 515. The fraction of sp³-hybridized carbons (Fsp3) is 0.385. The summed E-state index contributed by atoms with van der Waals surface area (Å²) in [6, 6.07) is 4.30. The third kappa shape index (κ3) is 3.93. The molecule has 1 fully saturated rings. The van der Waals surface area contributed by atoms with E-state index in [2.05, 4.69) is 10.6 Å². The van der Waals surface area contributed by atoms with Gasteiger partial charge in [0.1, 0.15) is 0 Å². The van der Waals surface area contributed by atoms with E-state index in [-0.39, 0.29) is 29.0 Å². The quantitative estimate of drug-likeness (QED) is 0.781. The second-order valence-electron chi connectivity index (χ2n) is 4.48. The maximum atomic E-state index is 11.8. The summed E-state index contributed by atoms with van der Waals surface area (Å²) in [4.78, 5) is 22.7. The SMILES string of the molecule is O=C(CC1COCCN1)Nc1ccc(C(=O)O)c(Cl)c1.